The van der Waals surface area contributed by atoms with Gasteiger partial charge < -0.3 is 21.8 Å². The molecule has 0 aliphatic carbocycles. The third-order valence-electron chi connectivity index (χ3n) is 3.36. The van der Waals surface area contributed by atoms with Crippen molar-refractivity contribution in [2.45, 2.75) is 6.42 Å². The lowest BCUT2D eigenvalue weighted by Gasteiger charge is -2.10. The van der Waals surface area contributed by atoms with Crippen LogP contribution in [-0.4, -0.2) is 22.3 Å². The number of aromatic nitrogens is 2. The van der Waals surface area contributed by atoms with E-state index in [9.17, 15) is 0 Å². The zero-order valence-electron chi connectivity index (χ0n) is 12.8. The fourth-order valence-corrected chi connectivity index (χ4v) is 2.46. The predicted molar refractivity (Wildman–Crippen MR) is 98.7 cm³/mol. The number of fused-ring (bicyclic) bond motifs is 6. The van der Waals surface area contributed by atoms with Crippen molar-refractivity contribution in [2.75, 3.05) is 17.2 Å². The van der Waals surface area contributed by atoms with Crippen LogP contribution in [0.15, 0.2) is 51.8 Å². The van der Waals surface area contributed by atoms with E-state index in [4.69, 9.17) is 11.6 Å². The summed E-state index contributed by atoms with van der Waals surface area (Å²) in [7, 11) is 0. The molecule has 0 saturated heterocycles. The number of hydrogen-bond acceptors (Lipinski definition) is 8. The summed E-state index contributed by atoms with van der Waals surface area (Å²) >= 11 is 3.43. The predicted octanol–water partition coefficient (Wildman–Crippen LogP) is 1.81. The second-order valence-corrected chi connectivity index (χ2v) is 5.95. The van der Waals surface area contributed by atoms with Gasteiger partial charge in [-0.15, -0.1) is 0 Å². The maximum atomic E-state index is 5.99. The van der Waals surface area contributed by atoms with E-state index < -0.39 is 0 Å². The molecule has 1 aromatic heterocycles. The normalized spacial score (nSPS) is 16.6. The number of nitrogens with zero attached hydrogens (tertiary/aromatic N) is 3. The smallest absolute Gasteiger partial charge is 0.229 e. The zero-order chi connectivity index (χ0) is 16.9. The van der Waals surface area contributed by atoms with Crippen molar-refractivity contribution < 1.29 is 0 Å². The first-order valence-corrected chi connectivity index (χ1v) is 8.08. The zero-order valence-corrected chi connectivity index (χ0v) is 14.3. The number of hydrazine groups is 1. The molecular formula is C15H17BrN8. The van der Waals surface area contributed by atoms with Crippen LogP contribution in [0.4, 0.5) is 17.5 Å². The molecule has 9 heteroatoms. The van der Waals surface area contributed by atoms with Crippen LogP contribution in [0.25, 0.3) is 0 Å². The molecule has 2 aromatic rings. The van der Waals surface area contributed by atoms with Crippen molar-refractivity contribution >= 4 is 39.2 Å². The Bertz CT molecular complexity index is 785. The fraction of sp³-hybridized carbons (Fsp3) is 0.133. The highest BCUT2D eigenvalue weighted by Crippen LogP contribution is 2.22. The Morgan fingerprint density at radius 2 is 2.00 bits per heavy atom. The first-order valence-electron chi connectivity index (χ1n) is 7.28. The number of halogens is 1. The number of nitrogens with two attached hydrogens (primary N) is 2. The molecule has 1 aromatic carbocycles. The summed E-state index contributed by atoms with van der Waals surface area (Å²) in [5.41, 5.74) is 10.9. The van der Waals surface area contributed by atoms with E-state index in [1.165, 1.54) is 0 Å². The first-order chi connectivity index (χ1) is 11.7. The van der Waals surface area contributed by atoms with Gasteiger partial charge in [0.15, 0.2) is 0 Å². The van der Waals surface area contributed by atoms with Crippen LogP contribution < -0.4 is 27.6 Å². The minimum Gasteiger partial charge on any atom is -0.401 e. The Morgan fingerprint density at radius 1 is 1.21 bits per heavy atom. The number of anilines is 3. The maximum absolute atomic E-state index is 5.99. The Morgan fingerprint density at radius 3 is 2.75 bits per heavy atom. The molecule has 8 nitrogen and oxygen atoms in total. The molecule has 0 amide bonds. The van der Waals surface area contributed by atoms with Crippen molar-refractivity contribution in [3.05, 3.63) is 52.4 Å². The van der Waals surface area contributed by atoms with E-state index in [0.717, 1.165) is 15.7 Å². The lowest BCUT2D eigenvalue weighted by Crippen LogP contribution is -2.30. The first kappa shape index (κ1) is 16.2. The second-order valence-electron chi connectivity index (χ2n) is 5.10. The summed E-state index contributed by atoms with van der Waals surface area (Å²) in [6.07, 6.45) is 3.91. The monoisotopic (exact) mass is 388 g/mol. The molecule has 24 heavy (non-hydrogen) atoms. The lowest BCUT2D eigenvalue weighted by molar-refractivity contribution is 0.955. The average molecular weight is 389 g/mol. The largest absolute Gasteiger partial charge is 0.401 e. The van der Waals surface area contributed by atoms with Gasteiger partial charge in [0.05, 0.1) is 4.47 Å². The van der Waals surface area contributed by atoms with Gasteiger partial charge in [-0.05, 0) is 40.2 Å². The SMILES string of the molecule is NNC1=N/C=C(\N)CCNc2nc(ncc2Br)Nc2ccc1cc2. The Labute approximate surface area is 147 Å². The minimum atomic E-state index is 0.498. The molecule has 7 N–H and O–H groups in total. The van der Waals surface area contributed by atoms with Crippen LogP contribution in [0.5, 0.6) is 0 Å². The van der Waals surface area contributed by atoms with Gasteiger partial charge in [0.2, 0.25) is 5.95 Å². The molecule has 0 fully saturated rings. The number of amidine groups is 1. The molecule has 0 unspecified atom stereocenters. The summed E-state index contributed by atoms with van der Waals surface area (Å²) in [5, 5.41) is 6.39. The number of aliphatic imine (C=N–C) groups is 1. The van der Waals surface area contributed by atoms with E-state index in [1.807, 2.05) is 24.3 Å². The minimum absolute atomic E-state index is 0.498. The van der Waals surface area contributed by atoms with Crippen molar-refractivity contribution in [1.29, 1.82) is 0 Å². The van der Waals surface area contributed by atoms with E-state index >= 15 is 0 Å². The highest BCUT2D eigenvalue weighted by atomic mass is 79.9. The molecule has 4 rings (SSSR count). The van der Waals surface area contributed by atoms with Crippen molar-refractivity contribution in [1.82, 2.24) is 15.4 Å². The molecular weight excluding hydrogens is 372 g/mol. The van der Waals surface area contributed by atoms with Crippen molar-refractivity contribution in [3.8, 4) is 0 Å². The van der Waals surface area contributed by atoms with Gasteiger partial charge in [-0.1, -0.05) is 0 Å². The van der Waals surface area contributed by atoms with Crippen LogP contribution in [0.1, 0.15) is 12.0 Å². The van der Waals surface area contributed by atoms with E-state index in [-0.39, 0.29) is 0 Å². The van der Waals surface area contributed by atoms with Crippen molar-refractivity contribution in [2.24, 2.45) is 16.6 Å². The molecule has 2 aliphatic rings. The maximum Gasteiger partial charge on any atom is 0.229 e. The standard InChI is InChI=1S/C15H17BrN8/c16-12-8-21-15-22-11-3-1-9(2-4-11)13(24-18)20-7-10(17)5-6-19-14(12)23-15/h1-4,7-8H,5-6,17-18H2,(H,20,24)(H2,19,21,22,23)/b10-7-. The van der Waals surface area contributed by atoms with E-state index in [0.29, 0.717) is 36.3 Å². The molecule has 2 aliphatic heterocycles. The van der Waals surface area contributed by atoms with Gasteiger partial charge in [0, 0.05) is 42.3 Å². The Kier molecular flexibility index (Phi) is 4.92. The van der Waals surface area contributed by atoms with Gasteiger partial charge in [-0.3, -0.25) is 0 Å². The third kappa shape index (κ3) is 3.81. The summed E-state index contributed by atoms with van der Waals surface area (Å²) in [6.45, 7) is 0.613. The molecule has 3 heterocycles. The number of hydrogen-bond donors (Lipinski definition) is 5. The van der Waals surface area contributed by atoms with Crippen LogP contribution in [0, 0.1) is 0 Å². The van der Waals surface area contributed by atoms with Crippen molar-refractivity contribution in [3.63, 3.8) is 0 Å². The highest BCUT2D eigenvalue weighted by molar-refractivity contribution is 9.10. The second kappa shape index (κ2) is 7.28. The molecule has 0 saturated carbocycles. The average Bonchev–Trinajstić information content (AvgIpc) is 2.59. The number of benzene rings is 1. The third-order valence-corrected chi connectivity index (χ3v) is 3.94. The number of rotatable bonds is 0. The van der Waals surface area contributed by atoms with Gasteiger partial charge in [0.1, 0.15) is 11.7 Å². The Hall–Kier alpha value is -2.65. The Balaban J connectivity index is 2.00. The summed E-state index contributed by atoms with van der Waals surface area (Å²) in [5.74, 6) is 7.28. The van der Waals surface area contributed by atoms with Gasteiger partial charge in [-0.25, -0.2) is 15.8 Å². The van der Waals surface area contributed by atoms with Crippen LogP contribution in [-0.2, 0) is 0 Å². The van der Waals surface area contributed by atoms with Crippen LogP contribution >= 0.6 is 15.9 Å². The molecule has 0 radical (unpaired) electrons. The van der Waals surface area contributed by atoms with E-state index in [2.05, 4.69) is 46.9 Å². The summed E-state index contributed by atoms with van der Waals surface area (Å²) < 4.78 is 0.780. The topological polar surface area (TPSA) is 126 Å². The molecule has 0 atom stereocenters. The van der Waals surface area contributed by atoms with Gasteiger partial charge >= 0.3 is 0 Å². The van der Waals surface area contributed by atoms with Gasteiger partial charge in [-0.2, -0.15) is 4.98 Å². The quantitative estimate of drug-likeness (QED) is 0.344. The molecule has 0 spiro atoms. The van der Waals surface area contributed by atoms with E-state index in [1.54, 1.807) is 12.4 Å². The van der Waals surface area contributed by atoms with Gasteiger partial charge in [0.25, 0.3) is 0 Å². The number of nitrogens with one attached hydrogen (secondary N) is 3. The highest BCUT2D eigenvalue weighted by Gasteiger charge is 2.07. The van der Waals surface area contributed by atoms with Crippen LogP contribution in [0.2, 0.25) is 0 Å². The molecule has 124 valence electrons. The fourth-order valence-electron chi connectivity index (χ4n) is 2.12. The summed E-state index contributed by atoms with van der Waals surface area (Å²) in [6, 6.07) is 7.58. The lowest BCUT2D eigenvalue weighted by atomic mass is 10.2. The molecule has 4 bridgehead atoms. The van der Waals surface area contributed by atoms with Crippen LogP contribution in [0.3, 0.4) is 0 Å². The summed E-state index contributed by atoms with van der Waals surface area (Å²) in [4.78, 5) is 13.0.